The summed E-state index contributed by atoms with van der Waals surface area (Å²) >= 11 is 0. The van der Waals surface area contributed by atoms with Gasteiger partial charge in [0.1, 0.15) is 5.82 Å². The van der Waals surface area contributed by atoms with Crippen molar-refractivity contribution in [2.75, 3.05) is 0 Å². The first kappa shape index (κ1) is 15.2. The zero-order valence-electron chi connectivity index (χ0n) is 11.9. The molecule has 3 N–H and O–H groups in total. The highest BCUT2D eigenvalue weighted by atomic mass is 15.2. The van der Waals surface area contributed by atoms with Gasteiger partial charge in [-0.05, 0) is 13.3 Å². The van der Waals surface area contributed by atoms with Gasteiger partial charge in [0, 0.05) is 31.4 Å². The highest BCUT2D eigenvalue weighted by molar-refractivity contribution is 4.95. The largest absolute Gasteiger partial charge is 0.335 e. The van der Waals surface area contributed by atoms with Gasteiger partial charge in [-0.15, -0.1) is 0 Å². The maximum atomic E-state index is 5.63. The molecule has 0 aromatic carbocycles. The van der Waals surface area contributed by atoms with E-state index < -0.39 is 0 Å². The Bertz CT molecular complexity index is 308. The zero-order valence-corrected chi connectivity index (χ0v) is 11.9. The minimum absolute atomic E-state index is 0.347. The van der Waals surface area contributed by atoms with Crippen LogP contribution in [0.1, 0.15) is 58.2 Å². The molecule has 0 aliphatic carbocycles. The van der Waals surface area contributed by atoms with Crippen LogP contribution in [0, 0.1) is 0 Å². The number of aromatic nitrogens is 2. The number of rotatable bonds is 10. The Morgan fingerprint density at radius 1 is 1.28 bits per heavy atom. The third-order valence-corrected chi connectivity index (χ3v) is 3.46. The van der Waals surface area contributed by atoms with Gasteiger partial charge in [-0.2, -0.15) is 0 Å². The number of aryl methyl sites for hydroxylation is 1. The number of hydrogen-bond donors (Lipinski definition) is 2. The fourth-order valence-corrected chi connectivity index (χ4v) is 2.28. The fourth-order valence-electron chi connectivity index (χ4n) is 2.28. The summed E-state index contributed by atoms with van der Waals surface area (Å²) in [4.78, 5) is 4.40. The summed E-state index contributed by atoms with van der Waals surface area (Å²) in [5, 5.41) is 0. The van der Waals surface area contributed by atoms with Crippen LogP contribution >= 0.6 is 0 Å². The molecular formula is C14H28N4. The van der Waals surface area contributed by atoms with Crippen molar-refractivity contribution in [1.29, 1.82) is 0 Å². The molecule has 1 aromatic heterocycles. The molecule has 1 heterocycles. The van der Waals surface area contributed by atoms with E-state index in [-0.39, 0.29) is 0 Å². The summed E-state index contributed by atoms with van der Waals surface area (Å²) in [7, 11) is 0. The van der Waals surface area contributed by atoms with Crippen molar-refractivity contribution in [2.45, 2.75) is 71.4 Å². The Hall–Kier alpha value is -0.870. The molecule has 0 bridgehead atoms. The van der Waals surface area contributed by atoms with E-state index in [2.05, 4.69) is 28.8 Å². The Balaban J connectivity index is 2.29. The van der Waals surface area contributed by atoms with Crippen LogP contribution < -0.4 is 11.3 Å². The van der Waals surface area contributed by atoms with Gasteiger partial charge in [-0.1, -0.05) is 39.0 Å². The van der Waals surface area contributed by atoms with Crippen LogP contribution in [0.3, 0.4) is 0 Å². The summed E-state index contributed by atoms with van der Waals surface area (Å²) in [5.74, 6) is 6.77. The topological polar surface area (TPSA) is 55.9 Å². The van der Waals surface area contributed by atoms with Crippen molar-refractivity contribution in [3.05, 3.63) is 18.2 Å². The molecule has 1 aromatic rings. The van der Waals surface area contributed by atoms with Gasteiger partial charge in [-0.3, -0.25) is 11.3 Å². The molecule has 104 valence electrons. The molecule has 0 amide bonds. The van der Waals surface area contributed by atoms with E-state index in [1.165, 1.54) is 32.1 Å². The number of nitrogens with zero attached hydrogens (tertiary/aromatic N) is 2. The second-order valence-corrected chi connectivity index (χ2v) is 4.90. The first-order valence-corrected chi connectivity index (χ1v) is 7.27. The van der Waals surface area contributed by atoms with Crippen LogP contribution in [0.2, 0.25) is 0 Å². The Kier molecular flexibility index (Phi) is 7.69. The minimum Gasteiger partial charge on any atom is -0.335 e. The predicted molar refractivity (Wildman–Crippen MR) is 76.1 cm³/mol. The number of hydrazine groups is 1. The monoisotopic (exact) mass is 252 g/mol. The smallest absolute Gasteiger partial charge is 0.110 e. The molecule has 18 heavy (non-hydrogen) atoms. The minimum atomic E-state index is 0.347. The fraction of sp³-hybridized carbons (Fsp3) is 0.786. The van der Waals surface area contributed by atoms with Crippen LogP contribution in [0.15, 0.2) is 12.4 Å². The summed E-state index contributed by atoms with van der Waals surface area (Å²) in [5.41, 5.74) is 2.93. The molecule has 1 atom stereocenters. The lowest BCUT2D eigenvalue weighted by atomic mass is 10.0. The average Bonchev–Trinajstić information content (AvgIpc) is 2.84. The van der Waals surface area contributed by atoms with Crippen molar-refractivity contribution in [3.63, 3.8) is 0 Å². The van der Waals surface area contributed by atoms with Crippen LogP contribution in [0.25, 0.3) is 0 Å². The molecule has 0 saturated heterocycles. The third kappa shape index (κ3) is 5.19. The molecule has 0 spiro atoms. The maximum Gasteiger partial charge on any atom is 0.110 e. The lowest BCUT2D eigenvalue weighted by molar-refractivity contribution is 0.447. The van der Waals surface area contributed by atoms with Crippen molar-refractivity contribution < 1.29 is 0 Å². The lowest BCUT2D eigenvalue weighted by Crippen LogP contribution is -2.37. The second-order valence-electron chi connectivity index (χ2n) is 4.90. The molecule has 4 nitrogen and oxygen atoms in total. The van der Waals surface area contributed by atoms with E-state index in [1.807, 2.05) is 12.4 Å². The van der Waals surface area contributed by atoms with E-state index in [1.54, 1.807) is 0 Å². The summed E-state index contributed by atoms with van der Waals surface area (Å²) in [6.45, 7) is 5.36. The van der Waals surface area contributed by atoms with Gasteiger partial charge in [0.15, 0.2) is 0 Å². The molecule has 0 aliphatic heterocycles. The Labute approximate surface area is 111 Å². The standard InChI is InChI=1S/C14H28N4/c1-3-5-6-7-8-9-13(17-15)12-14-16-10-11-18(14)4-2/h10-11,13,17H,3-9,12,15H2,1-2H3. The van der Waals surface area contributed by atoms with Gasteiger partial charge in [0.2, 0.25) is 0 Å². The number of hydrogen-bond acceptors (Lipinski definition) is 3. The van der Waals surface area contributed by atoms with Crippen LogP contribution in [0.5, 0.6) is 0 Å². The van der Waals surface area contributed by atoms with Gasteiger partial charge in [-0.25, -0.2) is 4.98 Å². The van der Waals surface area contributed by atoms with Crippen molar-refractivity contribution in [1.82, 2.24) is 15.0 Å². The van der Waals surface area contributed by atoms with E-state index in [4.69, 9.17) is 5.84 Å². The molecular weight excluding hydrogens is 224 g/mol. The molecule has 0 fully saturated rings. The van der Waals surface area contributed by atoms with Gasteiger partial charge in [0.05, 0.1) is 0 Å². The van der Waals surface area contributed by atoms with Gasteiger partial charge >= 0.3 is 0 Å². The second kappa shape index (κ2) is 9.11. The number of nitrogens with one attached hydrogen (secondary N) is 1. The molecule has 0 saturated carbocycles. The first-order chi connectivity index (χ1) is 8.81. The number of nitrogens with two attached hydrogens (primary N) is 1. The summed E-state index contributed by atoms with van der Waals surface area (Å²) in [6.07, 6.45) is 12.5. The van der Waals surface area contributed by atoms with Crippen molar-refractivity contribution in [3.8, 4) is 0 Å². The van der Waals surface area contributed by atoms with Crippen LogP contribution in [-0.4, -0.2) is 15.6 Å². The van der Waals surface area contributed by atoms with E-state index in [0.717, 1.165) is 25.2 Å². The highest BCUT2D eigenvalue weighted by Gasteiger charge is 2.10. The number of unbranched alkanes of at least 4 members (excludes halogenated alkanes) is 4. The SMILES string of the molecule is CCCCCCCC(Cc1nccn1CC)NN. The summed E-state index contributed by atoms with van der Waals surface area (Å²) in [6, 6.07) is 0.347. The molecule has 1 rings (SSSR count). The molecule has 1 unspecified atom stereocenters. The highest BCUT2D eigenvalue weighted by Crippen LogP contribution is 2.10. The van der Waals surface area contributed by atoms with Crippen LogP contribution in [0.4, 0.5) is 0 Å². The van der Waals surface area contributed by atoms with Crippen LogP contribution in [-0.2, 0) is 13.0 Å². The Morgan fingerprint density at radius 2 is 2.06 bits per heavy atom. The van der Waals surface area contributed by atoms with E-state index >= 15 is 0 Å². The molecule has 0 aliphatic rings. The predicted octanol–water partition coefficient (Wildman–Crippen LogP) is 2.64. The quantitative estimate of drug-likeness (QED) is 0.382. The van der Waals surface area contributed by atoms with Gasteiger partial charge in [0.25, 0.3) is 0 Å². The summed E-state index contributed by atoms with van der Waals surface area (Å²) < 4.78 is 2.18. The Morgan fingerprint density at radius 3 is 2.72 bits per heavy atom. The third-order valence-electron chi connectivity index (χ3n) is 3.46. The zero-order chi connectivity index (χ0) is 13.2. The maximum absolute atomic E-state index is 5.63. The normalized spacial score (nSPS) is 12.8. The average molecular weight is 252 g/mol. The van der Waals surface area contributed by atoms with E-state index in [9.17, 15) is 0 Å². The lowest BCUT2D eigenvalue weighted by Gasteiger charge is -2.16. The molecule has 4 heteroatoms. The molecule has 0 radical (unpaired) electrons. The first-order valence-electron chi connectivity index (χ1n) is 7.27. The van der Waals surface area contributed by atoms with E-state index in [0.29, 0.717) is 6.04 Å². The number of imidazole rings is 1. The van der Waals surface area contributed by atoms with Crippen molar-refractivity contribution in [2.24, 2.45) is 5.84 Å². The van der Waals surface area contributed by atoms with Gasteiger partial charge < -0.3 is 4.57 Å². The van der Waals surface area contributed by atoms with Crippen molar-refractivity contribution >= 4 is 0 Å².